The highest BCUT2D eigenvalue weighted by Gasteiger charge is 2.53. The molecule has 4 saturated carbocycles. The number of nitrogens with zero attached hydrogens (tertiary/aromatic N) is 1. The molecule has 0 saturated heterocycles. The van der Waals surface area contributed by atoms with E-state index in [1.165, 1.54) is 38.5 Å². The van der Waals surface area contributed by atoms with Gasteiger partial charge in [0.1, 0.15) is 5.76 Å². The van der Waals surface area contributed by atoms with E-state index in [4.69, 9.17) is 10.2 Å². The van der Waals surface area contributed by atoms with E-state index in [1.807, 2.05) is 6.92 Å². The summed E-state index contributed by atoms with van der Waals surface area (Å²) in [6.45, 7) is 2.05. The van der Waals surface area contributed by atoms with Gasteiger partial charge < -0.3 is 10.2 Å². The van der Waals surface area contributed by atoms with Gasteiger partial charge >= 0.3 is 0 Å². The molecule has 2 N–H and O–H groups in total. The number of nitrogen functional groups attached to an aromatic ring is 1. The number of hydrogen-bond donors (Lipinski definition) is 1. The van der Waals surface area contributed by atoms with E-state index >= 15 is 0 Å². The van der Waals surface area contributed by atoms with Gasteiger partial charge in [0.05, 0.1) is 5.69 Å². The summed E-state index contributed by atoms with van der Waals surface area (Å²) in [6.07, 6.45) is 8.32. The maximum absolute atomic E-state index is 5.77. The largest absolute Gasteiger partial charge is 0.428 e. The van der Waals surface area contributed by atoms with Crippen LogP contribution in [0.15, 0.2) is 4.42 Å². The Bertz CT molecular complexity index is 428. The minimum atomic E-state index is 0.295. The fraction of sp³-hybridized carbons (Fsp3) is 0.786. The SMILES string of the molecule is Cc1nc(N)oc1C12CC3CC(CC(C3)C1)C2. The van der Waals surface area contributed by atoms with Gasteiger partial charge in [-0.2, -0.15) is 4.98 Å². The minimum Gasteiger partial charge on any atom is -0.428 e. The zero-order valence-corrected chi connectivity index (χ0v) is 10.4. The molecule has 1 heterocycles. The van der Waals surface area contributed by atoms with Crippen molar-refractivity contribution in [3.8, 4) is 0 Å². The van der Waals surface area contributed by atoms with E-state index in [0.717, 1.165) is 29.2 Å². The van der Waals surface area contributed by atoms with E-state index in [1.54, 1.807) is 0 Å². The molecule has 0 radical (unpaired) electrons. The predicted octanol–water partition coefficient (Wildman–Crippen LogP) is 3.03. The number of hydrogen-bond acceptors (Lipinski definition) is 3. The molecule has 4 aliphatic carbocycles. The number of aromatic nitrogens is 1. The zero-order valence-electron chi connectivity index (χ0n) is 10.4. The molecule has 4 aliphatic rings. The Kier molecular flexibility index (Phi) is 1.80. The second kappa shape index (κ2) is 3.06. The van der Waals surface area contributed by atoms with Gasteiger partial charge in [-0.15, -0.1) is 0 Å². The van der Waals surface area contributed by atoms with Crippen LogP contribution in [0.4, 0.5) is 6.01 Å². The van der Waals surface area contributed by atoms with Crippen molar-refractivity contribution in [3.63, 3.8) is 0 Å². The molecule has 0 amide bonds. The number of aryl methyl sites for hydroxylation is 1. The van der Waals surface area contributed by atoms with Crippen LogP contribution in [0.1, 0.15) is 50.0 Å². The highest BCUT2D eigenvalue weighted by Crippen LogP contribution is 2.61. The standard InChI is InChI=1S/C14H20N2O/c1-8-12(17-13(15)16-8)14-5-9-2-10(6-14)4-11(3-9)7-14/h9-11H,2-7H2,1H3,(H2,15,16). The molecule has 4 fully saturated rings. The van der Waals surface area contributed by atoms with Crippen molar-refractivity contribution in [1.29, 1.82) is 0 Å². The molecule has 92 valence electrons. The molecule has 3 nitrogen and oxygen atoms in total. The van der Waals surface area contributed by atoms with Crippen molar-refractivity contribution in [1.82, 2.24) is 4.98 Å². The van der Waals surface area contributed by atoms with Gasteiger partial charge in [0.25, 0.3) is 6.01 Å². The Morgan fingerprint density at radius 2 is 1.65 bits per heavy atom. The average molecular weight is 232 g/mol. The summed E-state index contributed by atoms with van der Waals surface area (Å²) in [6, 6.07) is 0.355. The maximum atomic E-state index is 5.77. The van der Waals surface area contributed by atoms with E-state index in [-0.39, 0.29) is 0 Å². The lowest BCUT2D eigenvalue weighted by molar-refractivity contribution is -0.0151. The summed E-state index contributed by atoms with van der Waals surface area (Å²) in [5, 5.41) is 0. The quantitative estimate of drug-likeness (QED) is 0.809. The molecule has 4 bridgehead atoms. The minimum absolute atomic E-state index is 0.295. The Hall–Kier alpha value is -0.990. The molecular weight excluding hydrogens is 212 g/mol. The van der Waals surface area contributed by atoms with Gasteiger partial charge in [-0.1, -0.05) is 0 Å². The first kappa shape index (κ1) is 9.98. The first-order valence-electron chi connectivity index (χ1n) is 6.88. The van der Waals surface area contributed by atoms with Crippen molar-refractivity contribution >= 4 is 6.01 Å². The van der Waals surface area contributed by atoms with Gasteiger partial charge in [-0.25, -0.2) is 0 Å². The molecule has 17 heavy (non-hydrogen) atoms. The summed E-state index contributed by atoms with van der Waals surface area (Å²) >= 11 is 0. The van der Waals surface area contributed by atoms with Gasteiger partial charge in [-0.05, 0) is 63.2 Å². The Morgan fingerprint density at radius 3 is 2.06 bits per heavy atom. The fourth-order valence-corrected chi connectivity index (χ4v) is 5.30. The zero-order chi connectivity index (χ0) is 11.6. The molecule has 5 rings (SSSR count). The monoisotopic (exact) mass is 232 g/mol. The average Bonchev–Trinajstić information content (AvgIpc) is 2.56. The topological polar surface area (TPSA) is 52.0 Å². The third-order valence-electron chi connectivity index (χ3n) is 5.33. The van der Waals surface area contributed by atoms with Crippen LogP contribution in [0.3, 0.4) is 0 Å². The van der Waals surface area contributed by atoms with E-state index in [2.05, 4.69) is 4.98 Å². The molecule has 0 unspecified atom stereocenters. The van der Waals surface area contributed by atoms with Crippen molar-refractivity contribution in [2.75, 3.05) is 5.73 Å². The van der Waals surface area contributed by atoms with E-state index < -0.39 is 0 Å². The van der Waals surface area contributed by atoms with E-state index in [9.17, 15) is 0 Å². The summed E-state index contributed by atoms with van der Waals surface area (Å²) < 4.78 is 5.77. The predicted molar refractivity (Wildman–Crippen MR) is 65.5 cm³/mol. The first-order valence-corrected chi connectivity index (χ1v) is 6.88. The van der Waals surface area contributed by atoms with Crippen LogP contribution in [0.2, 0.25) is 0 Å². The lowest BCUT2D eigenvalue weighted by Crippen LogP contribution is -2.48. The number of rotatable bonds is 1. The summed E-state index contributed by atoms with van der Waals surface area (Å²) in [4.78, 5) is 4.28. The lowest BCUT2D eigenvalue weighted by atomic mass is 9.49. The lowest BCUT2D eigenvalue weighted by Gasteiger charge is -2.55. The third-order valence-corrected chi connectivity index (χ3v) is 5.33. The Balaban J connectivity index is 1.79. The molecule has 0 spiro atoms. The van der Waals surface area contributed by atoms with Crippen molar-refractivity contribution in [3.05, 3.63) is 11.5 Å². The van der Waals surface area contributed by atoms with Crippen LogP contribution in [0, 0.1) is 24.7 Å². The summed E-state index contributed by atoms with van der Waals surface area (Å²) in [7, 11) is 0. The number of oxazole rings is 1. The number of anilines is 1. The first-order chi connectivity index (χ1) is 8.14. The van der Waals surface area contributed by atoms with Crippen LogP contribution in [0.25, 0.3) is 0 Å². The third kappa shape index (κ3) is 1.31. The molecule has 0 atom stereocenters. The fourth-order valence-electron chi connectivity index (χ4n) is 5.30. The molecule has 0 aliphatic heterocycles. The second-order valence-electron chi connectivity index (χ2n) is 6.66. The molecule has 1 aromatic heterocycles. The van der Waals surface area contributed by atoms with Gasteiger partial charge in [0, 0.05) is 5.41 Å². The van der Waals surface area contributed by atoms with Gasteiger partial charge in [0.2, 0.25) is 0 Å². The van der Waals surface area contributed by atoms with Crippen LogP contribution in [-0.4, -0.2) is 4.98 Å². The second-order valence-corrected chi connectivity index (χ2v) is 6.66. The Labute approximate surface area is 102 Å². The van der Waals surface area contributed by atoms with Crippen LogP contribution in [-0.2, 0) is 5.41 Å². The number of nitrogens with two attached hydrogens (primary N) is 1. The van der Waals surface area contributed by atoms with Gasteiger partial charge in [0.15, 0.2) is 0 Å². The normalized spacial score (nSPS) is 43.2. The summed E-state index contributed by atoms with van der Waals surface area (Å²) in [5.74, 6) is 3.93. The van der Waals surface area contributed by atoms with Crippen LogP contribution < -0.4 is 5.73 Å². The van der Waals surface area contributed by atoms with Crippen LogP contribution in [0.5, 0.6) is 0 Å². The Morgan fingerprint density at radius 1 is 1.12 bits per heavy atom. The smallest absolute Gasteiger partial charge is 0.292 e. The molecule has 1 aromatic rings. The maximum Gasteiger partial charge on any atom is 0.292 e. The van der Waals surface area contributed by atoms with Crippen molar-refractivity contribution < 1.29 is 4.42 Å². The van der Waals surface area contributed by atoms with Gasteiger partial charge in [-0.3, -0.25) is 0 Å². The highest BCUT2D eigenvalue weighted by molar-refractivity contribution is 5.29. The van der Waals surface area contributed by atoms with Crippen LogP contribution >= 0.6 is 0 Å². The van der Waals surface area contributed by atoms with Crippen molar-refractivity contribution in [2.24, 2.45) is 17.8 Å². The molecule has 3 heteroatoms. The molecule has 0 aromatic carbocycles. The van der Waals surface area contributed by atoms with E-state index in [0.29, 0.717) is 11.4 Å². The summed E-state index contributed by atoms with van der Waals surface area (Å²) in [5.41, 5.74) is 7.05. The molecular formula is C14H20N2O. The highest BCUT2D eigenvalue weighted by atomic mass is 16.4. The van der Waals surface area contributed by atoms with Crippen molar-refractivity contribution in [2.45, 2.75) is 50.9 Å².